The molecule has 0 saturated heterocycles. The Hall–Kier alpha value is -2.88. The molecule has 1 heterocycles. The van der Waals surface area contributed by atoms with Crippen LogP contribution in [0.5, 0.6) is 0 Å². The summed E-state index contributed by atoms with van der Waals surface area (Å²) in [7, 11) is 2.02. The van der Waals surface area contributed by atoms with Crippen LogP contribution in [-0.2, 0) is 6.54 Å². The molecule has 0 aliphatic heterocycles. The molecule has 4 nitrogen and oxygen atoms in total. The van der Waals surface area contributed by atoms with Crippen molar-refractivity contribution in [3.63, 3.8) is 0 Å². The molecule has 128 valence electrons. The Morgan fingerprint density at radius 1 is 0.920 bits per heavy atom. The Morgan fingerprint density at radius 2 is 1.56 bits per heavy atom. The molecule has 0 bridgehead atoms. The van der Waals surface area contributed by atoms with Crippen molar-refractivity contribution in [1.29, 1.82) is 0 Å². The highest BCUT2D eigenvalue weighted by molar-refractivity contribution is 5.64. The summed E-state index contributed by atoms with van der Waals surface area (Å²) in [5.41, 5.74) is 3.25. The first kappa shape index (κ1) is 17.0. The Bertz CT molecular complexity index is 801. The summed E-state index contributed by atoms with van der Waals surface area (Å²) in [6, 6.07) is 22.9. The van der Waals surface area contributed by atoms with E-state index in [1.807, 2.05) is 37.4 Å². The molecule has 0 aliphatic carbocycles. The van der Waals surface area contributed by atoms with Crippen LogP contribution in [0.3, 0.4) is 0 Å². The lowest BCUT2D eigenvalue weighted by atomic mass is 10.1. The number of hydrogen-bond acceptors (Lipinski definition) is 4. The molecule has 4 heteroatoms. The number of aromatic nitrogens is 2. The maximum atomic E-state index is 4.78. The van der Waals surface area contributed by atoms with Crippen molar-refractivity contribution in [2.75, 3.05) is 17.3 Å². The van der Waals surface area contributed by atoms with E-state index in [-0.39, 0.29) is 0 Å². The molecule has 0 saturated carbocycles. The average molecular weight is 332 g/mol. The van der Waals surface area contributed by atoms with Crippen LogP contribution in [0.25, 0.3) is 11.3 Å². The largest absolute Gasteiger partial charge is 0.368 e. The van der Waals surface area contributed by atoms with Gasteiger partial charge in [0.15, 0.2) is 0 Å². The van der Waals surface area contributed by atoms with Gasteiger partial charge in [-0.05, 0) is 19.4 Å². The summed E-state index contributed by atoms with van der Waals surface area (Å²) < 4.78 is 0. The molecule has 25 heavy (non-hydrogen) atoms. The molecule has 3 rings (SSSR count). The van der Waals surface area contributed by atoms with E-state index in [2.05, 4.69) is 60.5 Å². The topological polar surface area (TPSA) is 41.1 Å². The summed E-state index contributed by atoms with van der Waals surface area (Å²) in [4.78, 5) is 11.6. The van der Waals surface area contributed by atoms with E-state index in [1.54, 1.807) is 0 Å². The van der Waals surface area contributed by atoms with Crippen LogP contribution in [-0.4, -0.2) is 23.1 Å². The van der Waals surface area contributed by atoms with Gasteiger partial charge < -0.3 is 10.2 Å². The summed E-state index contributed by atoms with van der Waals surface area (Å²) in [5, 5.41) is 3.40. The highest BCUT2D eigenvalue weighted by Crippen LogP contribution is 2.23. The van der Waals surface area contributed by atoms with Crippen molar-refractivity contribution in [1.82, 2.24) is 9.97 Å². The molecule has 2 aromatic carbocycles. The van der Waals surface area contributed by atoms with Crippen molar-refractivity contribution in [2.24, 2.45) is 0 Å². The van der Waals surface area contributed by atoms with Crippen LogP contribution in [0.4, 0.5) is 11.8 Å². The van der Waals surface area contributed by atoms with Gasteiger partial charge in [0, 0.05) is 31.3 Å². The average Bonchev–Trinajstić information content (AvgIpc) is 2.62. The van der Waals surface area contributed by atoms with Crippen LogP contribution in [0.1, 0.15) is 19.4 Å². The SMILES string of the molecule is CC(C)Nc1cc(-c2ccccc2)nc(N(C)Cc2ccccc2)n1. The molecule has 0 radical (unpaired) electrons. The van der Waals surface area contributed by atoms with Gasteiger partial charge in [-0.1, -0.05) is 60.7 Å². The Kier molecular flexibility index (Phi) is 5.29. The van der Waals surface area contributed by atoms with Crippen molar-refractivity contribution < 1.29 is 0 Å². The summed E-state index contributed by atoms with van der Waals surface area (Å²) in [5.74, 6) is 1.56. The molecule has 0 atom stereocenters. The molecule has 0 amide bonds. The number of nitrogens with zero attached hydrogens (tertiary/aromatic N) is 3. The van der Waals surface area contributed by atoms with Gasteiger partial charge in [0.1, 0.15) is 5.82 Å². The summed E-state index contributed by atoms with van der Waals surface area (Å²) >= 11 is 0. The van der Waals surface area contributed by atoms with Crippen LogP contribution in [0, 0.1) is 0 Å². The van der Waals surface area contributed by atoms with E-state index in [0.717, 1.165) is 23.6 Å². The maximum absolute atomic E-state index is 4.78. The second kappa shape index (κ2) is 7.79. The van der Waals surface area contributed by atoms with Gasteiger partial charge in [-0.2, -0.15) is 4.98 Å². The fourth-order valence-corrected chi connectivity index (χ4v) is 2.66. The number of rotatable bonds is 6. The third-order valence-electron chi connectivity index (χ3n) is 3.82. The lowest BCUT2D eigenvalue weighted by Gasteiger charge is -2.20. The fraction of sp³-hybridized carbons (Fsp3) is 0.238. The molecule has 0 aliphatic rings. The second-order valence-electron chi connectivity index (χ2n) is 6.45. The fourth-order valence-electron chi connectivity index (χ4n) is 2.66. The first-order chi connectivity index (χ1) is 12.1. The maximum Gasteiger partial charge on any atom is 0.227 e. The predicted molar refractivity (Wildman–Crippen MR) is 105 cm³/mol. The van der Waals surface area contributed by atoms with E-state index in [1.165, 1.54) is 5.56 Å². The lowest BCUT2D eigenvalue weighted by molar-refractivity contribution is 0.851. The Morgan fingerprint density at radius 3 is 2.20 bits per heavy atom. The molecule has 1 N–H and O–H groups in total. The molecule has 0 spiro atoms. The Balaban J connectivity index is 1.94. The molecule has 0 unspecified atom stereocenters. The van der Waals surface area contributed by atoms with Crippen LogP contribution in [0.15, 0.2) is 66.7 Å². The van der Waals surface area contributed by atoms with E-state index in [0.29, 0.717) is 12.0 Å². The highest BCUT2D eigenvalue weighted by atomic mass is 15.2. The minimum absolute atomic E-state index is 0.311. The number of hydrogen-bond donors (Lipinski definition) is 1. The van der Waals surface area contributed by atoms with Crippen molar-refractivity contribution >= 4 is 11.8 Å². The number of anilines is 2. The Labute approximate surface area is 149 Å². The number of nitrogens with one attached hydrogen (secondary N) is 1. The molecule has 3 aromatic rings. The highest BCUT2D eigenvalue weighted by Gasteiger charge is 2.11. The predicted octanol–water partition coefficient (Wildman–Crippen LogP) is 4.60. The number of benzene rings is 2. The third-order valence-corrected chi connectivity index (χ3v) is 3.82. The van der Waals surface area contributed by atoms with Gasteiger partial charge in [0.05, 0.1) is 5.69 Å². The van der Waals surface area contributed by atoms with Gasteiger partial charge in [-0.25, -0.2) is 4.98 Å². The zero-order valence-electron chi connectivity index (χ0n) is 15.0. The molecule has 0 fully saturated rings. The zero-order valence-corrected chi connectivity index (χ0v) is 15.0. The van der Waals surface area contributed by atoms with Crippen molar-refractivity contribution in [3.05, 3.63) is 72.3 Å². The van der Waals surface area contributed by atoms with Gasteiger partial charge in [0.25, 0.3) is 0 Å². The first-order valence-electron chi connectivity index (χ1n) is 8.58. The molecule has 1 aromatic heterocycles. The van der Waals surface area contributed by atoms with Gasteiger partial charge in [-0.15, -0.1) is 0 Å². The van der Waals surface area contributed by atoms with Crippen molar-refractivity contribution in [3.8, 4) is 11.3 Å². The van der Waals surface area contributed by atoms with E-state index in [4.69, 9.17) is 9.97 Å². The quantitative estimate of drug-likeness (QED) is 0.716. The van der Waals surface area contributed by atoms with Gasteiger partial charge in [0.2, 0.25) is 5.95 Å². The van der Waals surface area contributed by atoms with E-state index in [9.17, 15) is 0 Å². The second-order valence-corrected chi connectivity index (χ2v) is 6.45. The van der Waals surface area contributed by atoms with Gasteiger partial charge in [-0.3, -0.25) is 0 Å². The van der Waals surface area contributed by atoms with E-state index < -0.39 is 0 Å². The summed E-state index contributed by atoms with van der Waals surface area (Å²) in [6.07, 6.45) is 0. The van der Waals surface area contributed by atoms with Crippen molar-refractivity contribution in [2.45, 2.75) is 26.4 Å². The molecular formula is C21H24N4. The lowest BCUT2D eigenvalue weighted by Crippen LogP contribution is -2.21. The minimum atomic E-state index is 0.311. The minimum Gasteiger partial charge on any atom is -0.368 e. The van der Waals surface area contributed by atoms with Crippen LogP contribution < -0.4 is 10.2 Å². The molecular weight excluding hydrogens is 308 g/mol. The monoisotopic (exact) mass is 332 g/mol. The normalized spacial score (nSPS) is 10.7. The first-order valence-corrected chi connectivity index (χ1v) is 8.58. The van der Waals surface area contributed by atoms with Crippen LogP contribution >= 0.6 is 0 Å². The van der Waals surface area contributed by atoms with E-state index >= 15 is 0 Å². The standard InChI is InChI=1S/C21H24N4/c1-16(2)22-20-14-19(18-12-8-5-9-13-18)23-21(24-20)25(3)15-17-10-6-4-7-11-17/h4-14,16H,15H2,1-3H3,(H,22,23,24). The third kappa shape index (κ3) is 4.57. The summed E-state index contributed by atoms with van der Waals surface area (Å²) in [6.45, 7) is 4.98. The van der Waals surface area contributed by atoms with Crippen LogP contribution in [0.2, 0.25) is 0 Å². The zero-order chi connectivity index (χ0) is 17.6. The smallest absolute Gasteiger partial charge is 0.227 e. The van der Waals surface area contributed by atoms with Gasteiger partial charge >= 0.3 is 0 Å².